The van der Waals surface area contributed by atoms with Crippen LogP contribution in [-0.4, -0.2) is 64.1 Å². The number of aromatic nitrogens is 2. The third kappa shape index (κ3) is 6.27. The number of thioether (sulfide) groups is 1. The molecule has 3 aromatic rings. The lowest BCUT2D eigenvalue weighted by Crippen LogP contribution is -2.46. The lowest BCUT2D eigenvalue weighted by Gasteiger charge is -2.17. The van der Waals surface area contributed by atoms with Crippen LogP contribution in [0.2, 0.25) is 5.02 Å². The number of amides is 3. The quantitative estimate of drug-likeness (QED) is 0.389. The van der Waals surface area contributed by atoms with E-state index in [1.807, 2.05) is 4.72 Å². The topological polar surface area (TPSA) is 122 Å². The molecule has 1 aromatic heterocycles. The number of carbonyl (C=O) groups excluding carboxylic acids is 3. The second kappa shape index (κ2) is 11.1. The van der Waals surface area contributed by atoms with Crippen LogP contribution in [0.5, 0.6) is 0 Å². The first-order chi connectivity index (χ1) is 19.3. The van der Waals surface area contributed by atoms with Gasteiger partial charge in [-0.25, -0.2) is 4.72 Å². The van der Waals surface area contributed by atoms with E-state index in [-0.39, 0.29) is 35.1 Å². The van der Waals surface area contributed by atoms with Crippen LogP contribution < -0.4 is 4.72 Å². The molecule has 3 amide bonds. The van der Waals surface area contributed by atoms with Gasteiger partial charge in [0.25, 0.3) is 17.1 Å². The Kier molecular flexibility index (Phi) is 7.89. The zero-order valence-corrected chi connectivity index (χ0v) is 23.4. The van der Waals surface area contributed by atoms with Crippen molar-refractivity contribution in [2.24, 2.45) is 0 Å². The Morgan fingerprint density at radius 3 is 2.56 bits per heavy atom. The fourth-order valence-corrected chi connectivity index (χ4v) is 6.76. The van der Waals surface area contributed by atoms with Crippen molar-refractivity contribution >= 4 is 67.6 Å². The number of imide groups is 1. The number of fused-ring (bicyclic) bond motifs is 1. The number of rotatable bonds is 7. The van der Waals surface area contributed by atoms with E-state index in [9.17, 15) is 36.0 Å². The fraction of sp³-hybridized carbons (Fsp3) is 0.280. The molecule has 0 bridgehead atoms. The minimum Gasteiger partial charge on any atom is -0.272 e. The normalized spacial score (nSPS) is 17.8. The van der Waals surface area contributed by atoms with Crippen LogP contribution in [0, 0.1) is 0 Å². The maximum absolute atomic E-state index is 13.5. The van der Waals surface area contributed by atoms with Crippen molar-refractivity contribution in [1.82, 2.24) is 23.7 Å². The number of nitrogens with zero attached hydrogens (tertiary/aromatic N) is 4. The Bertz CT molecular complexity index is 1700. The summed E-state index contributed by atoms with van der Waals surface area (Å²) < 4.78 is 69.5. The third-order valence-corrected chi connectivity index (χ3v) is 9.16. The van der Waals surface area contributed by atoms with Gasteiger partial charge < -0.3 is 0 Å². The Labute approximate surface area is 241 Å². The molecular formula is C25H21ClF3N5O5S2. The van der Waals surface area contributed by atoms with Gasteiger partial charge in [0.15, 0.2) is 0 Å². The molecule has 0 atom stereocenters. The summed E-state index contributed by atoms with van der Waals surface area (Å²) in [5, 5.41) is 4.02. The molecule has 0 unspecified atom stereocenters. The Hall–Kier alpha value is -3.40. The lowest BCUT2D eigenvalue weighted by atomic mass is 10.1. The molecule has 2 aromatic carbocycles. The molecule has 2 aliphatic heterocycles. The molecule has 2 saturated heterocycles. The van der Waals surface area contributed by atoms with Gasteiger partial charge in [-0.05, 0) is 66.1 Å². The van der Waals surface area contributed by atoms with E-state index in [2.05, 4.69) is 5.10 Å². The fourth-order valence-electron chi connectivity index (χ4n) is 4.53. The first kappa shape index (κ1) is 29.1. The van der Waals surface area contributed by atoms with E-state index >= 15 is 0 Å². The highest BCUT2D eigenvalue weighted by molar-refractivity contribution is 8.18. The summed E-state index contributed by atoms with van der Waals surface area (Å²) in [6.45, 7) is -0.355. The van der Waals surface area contributed by atoms with Crippen molar-refractivity contribution in [1.29, 1.82) is 0 Å². The number of alkyl halides is 3. The van der Waals surface area contributed by atoms with Gasteiger partial charge in [0.2, 0.25) is 0 Å². The highest BCUT2D eigenvalue weighted by Crippen LogP contribution is 2.35. The van der Waals surface area contributed by atoms with Gasteiger partial charge in [-0.1, -0.05) is 23.7 Å². The van der Waals surface area contributed by atoms with E-state index in [1.54, 1.807) is 18.2 Å². The SMILES string of the molecule is O=C(CN1C(=O)S/C(=C\c2ccc3c(cnn3Cc3ccc(Cl)cc3C(F)(F)F)c2)C1=O)NS(=O)(=O)N1CCCC1. The van der Waals surface area contributed by atoms with Crippen LogP contribution in [-0.2, 0) is 32.5 Å². The maximum Gasteiger partial charge on any atom is 0.416 e. The van der Waals surface area contributed by atoms with Gasteiger partial charge in [0.1, 0.15) is 6.54 Å². The first-order valence-corrected chi connectivity index (χ1v) is 14.8. The minimum absolute atomic E-state index is 0.0121. The average Bonchev–Trinajstić information content (AvgIpc) is 3.62. The van der Waals surface area contributed by atoms with Gasteiger partial charge in [-0.3, -0.25) is 24.0 Å². The maximum atomic E-state index is 13.5. The zero-order chi connectivity index (χ0) is 29.5. The van der Waals surface area contributed by atoms with E-state index < -0.39 is 45.5 Å². The summed E-state index contributed by atoms with van der Waals surface area (Å²) in [7, 11) is -4.05. The Morgan fingerprint density at radius 1 is 1.12 bits per heavy atom. The summed E-state index contributed by atoms with van der Waals surface area (Å²) in [5.41, 5.74) is 0.172. The summed E-state index contributed by atoms with van der Waals surface area (Å²) in [4.78, 5) is 38.3. The molecule has 216 valence electrons. The molecule has 0 aliphatic carbocycles. The number of halogens is 4. The van der Waals surface area contributed by atoms with Crippen molar-refractivity contribution in [2.75, 3.05) is 19.6 Å². The number of hydrogen-bond acceptors (Lipinski definition) is 7. The van der Waals surface area contributed by atoms with Gasteiger partial charge in [-0.2, -0.15) is 31.0 Å². The highest BCUT2D eigenvalue weighted by Gasteiger charge is 2.38. The van der Waals surface area contributed by atoms with Crippen molar-refractivity contribution in [2.45, 2.75) is 25.6 Å². The van der Waals surface area contributed by atoms with Crippen molar-refractivity contribution in [3.05, 3.63) is 69.2 Å². The molecule has 1 N–H and O–H groups in total. The molecule has 0 radical (unpaired) electrons. The molecule has 3 heterocycles. The van der Waals surface area contributed by atoms with Crippen molar-refractivity contribution in [3.63, 3.8) is 0 Å². The molecule has 5 rings (SSSR count). The van der Waals surface area contributed by atoms with E-state index in [4.69, 9.17) is 11.6 Å². The molecule has 2 aliphatic rings. The largest absolute Gasteiger partial charge is 0.416 e. The molecule has 2 fully saturated rings. The summed E-state index contributed by atoms with van der Waals surface area (Å²) in [6.07, 6.45) is -0.343. The molecule has 41 heavy (non-hydrogen) atoms. The van der Waals surface area contributed by atoms with Gasteiger partial charge in [0.05, 0.1) is 28.7 Å². The highest BCUT2D eigenvalue weighted by atomic mass is 35.5. The first-order valence-electron chi connectivity index (χ1n) is 12.2. The average molecular weight is 628 g/mol. The molecule has 10 nitrogen and oxygen atoms in total. The van der Waals surface area contributed by atoms with Crippen molar-refractivity contribution in [3.8, 4) is 0 Å². The van der Waals surface area contributed by atoms with Crippen molar-refractivity contribution < 1.29 is 36.0 Å². The Balaban J connectivity index is 1.30. The predicted molar refractivity (Wildman–Crippen MR) is 146 cm³/mol. The molecule has 0 spiro atoms. The van der Waals surface area contributed by atoms with Gasteiger partial charge in [0, 0.05) is 23.5 Å². The smallest absolute Gasteiger partial charge is 0.272 e. The van der Waals surface area contributed by atoms with Gasteiger partial charge >= 0.3 is 16.4 Å². The van der Waals surface area contributed by atoms with E-state index in [0.29, 0.717) is 46.0 Å². The van der Waals surface area contributed by atoms with Crippen LogP contribution in [0.1, 0.15) is 29.5 Å². The standard InChI is InChI=1S/C25H21ClF3N5O5S2/c26-18-5-4-16(19(11-18)25(27,28)29)13-34-20-6-3-15(9-17(20)12-30-34)10-21-23(36)33(24(37)40-21)14-22(35)31-41(38,39)32-7-1-2-8-32/h3-6,9-12H,1-2,7-8,13-14H2,(H,31,35)/b21-10-. The number of nitrogens with one attached hydrogen (secondary N) is 1. The summed E-state index contributed by atoms with van der Waals surface area (Å²) >= 11 is 6.37. The second-order valence-corrected chi connectivity index (χ2v) is 12.4. The minimum atomic E-state index is -4.60. The summed E-state index contributed by atoms with van der Waals surface area (Å²) in [6, 6.07) is 8.41. The van der Waals surface area contributed by atoms with E-state index in [0.717, 1.165) is 10.4 Å². The second-order valence-electron chi connectivity index (χ2n) is 9.32. The van der Waals surface area contributed by atoms with Gasteiger partial charge in [-0.15, -0.1) is 0 Å². The van der Waals surface area contributed by atoms with Crippen LogP contribution in [0.4, 0.5) is 18.0 Å². The van der Waals surface area contributed by atoms with Crippen LogP contribution in [0.15, 0.2) is 47.5 Å². The van der Waals surface area contributed by atoms with Crippen LogP contribution >= 0.6 is 23.4 Å². The molecular weight excluding hydrogens is 607 g/mol. The molecule has 16 heteroatoms. The number of carbonyl (C=O) groups is 3. The summed E-state index contributed by atoms with van der Waals surface area (Å²) in [5.74, 6) is -1.77. The lowest BCUT2D eigenvalue weighted by molar-refractivity contribution is -0.138. The monoisotopic (exact) mass is 627 g/mol. The predicted octanol–water partition coefficient (Wildman–Crippen LogP) is 4.25. The number of hydrogen-bond donors (Lipinski definition) is 1. The number of benzene rings is 2. The third-order valence-electron chi connectivity index (χ3n) is 6.48. The zero-order valence-electron chi connectivity index (χ0n) is 21.0. The van der Waals surface area contributed by atoms with Crippen LogP contribution in [0.3, 0.4) is 0 Å². The Morgan fingerprint density at radius 2 is 1.85 bits per heavy atom. The van der Waals surface area contributed by atoms with E-state index in [1.165, 1.54) is 29.1 Å². The van der Waals surface area contributed by atoms with Crippen LogP contribution in [0.25, 0.3) is 17.0 Å². The molecule has 0 saturated carbocycles.